The molecule has 1 aromatic heterocycles. The van der Waals surface area contributed by atoms with Crippen LogP contribution in [0.1, 0.15) is 48.8 Å². The average molecular weight is 392 g/mol. The number of para-hydroxylation sites is 1. The number of nitrogens with one attached hydrogen (secondary N) is 1. The van der Waals surface area contributed by atoms with Gasteiger partial charge < -0.3 is 14.5 Å². The molecule has 1 amide bonds. The van der Waals surface area contributed by atoms with Gasteiger partial charge in [0, 0.05) is 28.3 Å². The second-order valence-corrected chi connectivity index (χ2v) is 7.30. The summed E-state index contributed by atoms with van der Waals surface area (Å²) in [6.45, 7) is 12.5. The van der Waals surface area contributed by atoms with E-state index in [1.54, 1.807) is 6.08 Å². The number of aryl methyl sites for hydroxylation is 4. The van der Waals surface area contributed by atoms with Gasteiger partial charge in [0.05, 0.1) is 6.61 Å². The summed E-state index contributed by atoms with van der Waals surface area (Å²) < 4.78 is 11.9. The van der Waals surface area contributed by atoms with Gasteiger partial charge >= 0.3 is 0 Å². The van der Waals surface area contributed by atoms with Crippen LogP contribution in [0.25, 0.3) is 16.5 Å². The highest BCUT2D eigenvalue weighted by Gasteiger charge is 2.19. The molecule has 0 unspecified atom stereocenters. The predicted molar refractivity (Wildman–Crippen MR) is 120 cm³/mol. The number of rotatable bonds is 6. The Kier molecular flexibility index (Phi) is 6.12. The van der Waals surface area contributed by atoms with E-state index in [9.17, 15) is 4.79 Å². The van der Waals surface area contributed by atoms with Crippen LogP contribution in [0.15, 0.2) is 40.8 Å². The van der Waals surface area contributed by atoms with Crippen molar-refractivity contribution in [3.63, 3.8) is 0 Å². The van der Waals surface area contributed by atoms with E-state index >= 15 is 0 Å². The highest BCUT2D eigenvalue weighted by Crippen LogP contribution is 2.38. The number of hydrogen-bond donors (Lipinski definition) is 1. The first kappa shape index (κ1) is 20.7. The molecular weight excluding hydrogens is 362 g/mol. The van der Waals surface area contributed by atoms with E-state index in [1.807, 2.05) is 52.0 Å². The summed E-state index contributed by atoms with van der Waals surface area (Å²) in [5.74, 6) is 1.52. The van der Waals surface area contributed by atoms with Gasteiger partial charge in [-0.2, -0.15) is 0 Å². The average Bonchev–Trinajstić information content (AvgIpc) is 2.98. The van der Waals surface area contributed by atoms with Crippen molar-refractivity contribution in [2.24, 2.45) is 0 Å². The van der Waals surface area contributed by atoms with Gasteiger partial charge in [-0.05, 0) is 69.9 Å². The zero-order valence-corrected chi connectivity index (χ0v) is 18.1. The summed E-state index contributed by atoms with van der Waals surface area (Å²) >= 11 is 0. The number of carbonyl (C=O) groups is 1. The van der Waals surface area contributed by atoms with Crippen LogP contribution in [0.2, 0.25) is 0 Å². The monoisotopic (exact) mass is 391 g/mol. The number of furan rings is 1. The van der Waals surface area contributed by atoms with E-state index in [-0.39, 0.29) is 5.91 Å². The molecule has 0 saturated heterocycles. The van der Waals surface area contributed by atoms with Crippen LogP contribution in [0.4, 0.5) is 5.69 Å². The Morgan fingerprint density at radius 2 is 1.86 bits per heavy atom. The topological polar surface area (TPSA) is 51.5 Å². The lowest BCUT2D eigenvalue weighted by molar-refractivity contribution is -0.111. The fourth-order valence-electron chi connectivity index (χ4n) is 3.63. The fraction of sp³-hybridized carbons (Fsp3) is 0.320. The predicted octanol–water partition coefficient (Wildman–Crippen LogP) is 6.36. The molecule has 1 N–H and O–H groups in total. The minimum absolute atomic E-state index is 0.149. The summed E-state index contributed by atoms with van der Waals surface area (Å²) in [4.78, 5) is 12.7. The quantitative estimate of drug-likeness (QED) is 0.497. The number of fused-ring (bicyclic) bond motifs is 1. The maximum Gasteiger partial charge on any atom is 0.248 e. The molecule has 2 aromatic carbocycles. The van der Waals surface area contributed by atoms with Crippen LogP contribution < -0.4 is 10.1 Å². The molecule has 3 aromatic rings. The lowest BCUT2D eigenvalue weighted by Gasteiger charge is -2.15. The minimum Gasteiger partial charge on any atom is -0.493 e. The van der Waals surface area contributed by atoms with Crippen LogP contribution in [0, 0.1) is 20.8 Å². The van der Waals surface area contributed by atoms with E-state index < -0.39 is 0 Å². The van der Waals surface area contributed by atoms with E-state index in [1.165, 1.54) is 0 Å². The van der Waals surface area contributed by atoms with Gasteiger partial charge in [0.25, 0.3) is 0 Å². The second-order valence-electron chi connectivity index (χ2n) is 7.30. The van der Waals surface area contributed by atoms with Crippen LogP contribution in [-0.4, -0.2) is 12.5 Å². The standard InChI is InChI=1S/C25H29NO3/c1-7-19-11-9-10-12-22(19)26-23(27)13-15(3)20-14-21-16(4)18(6)29-25(21)17(5)24(20)28-8-2/h9-14H,7-8H2,1-6H3,(H,26,27)/b15-13+. The van der Waals surface area contributed by atoms with Gasteiger partial charge in [0.1, 0.15) is 17.1 Å². The lowest BCUT2D eigenvalue weighted by Crippen LogP contribution is -2.10. The first-order valence-electron chi connectivity index (χ1n) is 10.1. The molecule has 4 heteroatoms. The first-order valence-corrected chi connectivity index (χ1v) is 10.1. The van der Waals surface area contributed by atoms with E-state index in [0.29, 0.717) is 6.61 Å². The molecule has 0 aliphatic carbocycles. The maximum atomic E-state index is 12.7. The molecule has 29 heavy (non-hydrogen) atoms. The summed E-state index contributed by atoms with van der Waals surface area (Å²) in [5, 5.41) is 4.06. The summed E-state index contributed by atoms with van der Waals surface area (Å²) in [5.41, 5.74) is 6.65. The number of amides is 1. The van der Waals surface area contributed by atoms with Crippen molar-refractivity contribution in [3.8, 4) is 5.75 Å². The number of hydrogen-bond acceptors (Lipinski definition) is 3. The highest BCUT2D eigenvalue weighted by molar-refractivity contribution is 6.05. The van der Waals surface area contributed by atoms with E-state index in [0.717, 1.165) is 62.4 Å². The van der Waals surface area contributed by atoms with Gasteiger partial charge in [0.2, 0.25) is 5.91 Å². The van der Waals surface area contributed by atoms with Gasteiger partial charge in [-0.3, -0.25) is 4.79 Å². The van der Waals surface area contributed by atoms with Crippen molar-refractivity contribution < 1.29 is 13.9 Å². The molecule has 0 atom stereocenters. The van der Waals surface area contributed by atoms with Crippen LogP contribution in [0.3, 0.4) is 0 Å². The summed E-state index contributed by atoms with van der Waals surface area (Å²) in [6.07, 6.45) is 2.50. The SMILES string of the molecule is CCOc1c(/C(C)=C/C(=O)Nc2ccccc2CC)cc2c(C)c(C)oc2c1C. The molecule has 0 spiro atoms. The molecule has 1 heterocycles. The number of benzene rings is 2. The molecule has 0 aliphatic heterocycles. The maximum absolute atomic E-state index is 12.7. The van der Waals surface area contributed by atoms with E-state index in [4.69, 9.17) is 9.15 Å². The molecule has 3 rings (SSSR count). The first-order chi connectivity index (χ1) is 13.9. The second kappa shape index (κ2) is 8.56. The highest BCUT2D eigenvalue weighted by atomic mass is 16.5. The lowest BCUT2D eigenvalue weighted by atomic mass is 9.98. The molecule has 0 radical (unpaired) electrons. The Labute approximate surface area is 172 Å². The third kappa shape index (κ3) is 4.07. The van der Waals surface area contributed by atoms with Gasteiger partial charge in [-0.15, -0.1) is 0 Å². The molecule has 0 saturated carbocycles. The van der Waals surface area contributed by atoms with Crippen molar-refractivity contribution in [2.75, 3.05) is 11.9 Å². The molecule has 152 valence electrons. The zero-order chi connectivity index (χ0) is 21.1. The van der Waals surface area contributed by atoms with Crippen molar-refractivity contribution in [3.05, 3.63) is 64.4 Å². The molecule has 0 fully saturated rings. The molecule has 0 aliphatic rings. The minimum atomic E-state index is -0.149. The Hall–Kier alpha value is -3.01. The largest absolute Gasteiger partial charge is 0.493 e. The molecule has 0 bridgehead atoms. The molecule has 4 nitrogen and oxygen atoms in total. The zero-order valence-electron chi connectivity index (χ0n) is 18.1. The summed E-state index contributed by atoms with van der Waals surface area (Å²) in [7, 11) is 0. The number of carbonyl (C=O) groups excluding carboxylic acids is 1. The normalized spacial score (nSPS) is 11.7. The van der Waals surface area contributed by atoms with Crippen molar-refractivity contribution in [1.82, 2.24) is 0 Å². The van der Waals surface area contributed by atoms with Gasteiger partial charge in [-0.1, -0.05) is 25.1 Å². The third-order valence-corrected chi connectivity index (χ3v) is 5.36. The molecular formula is C25H29NO3. The fourth-order valence-corrected chi connectivity index (χ4v) is 3.63. The van der Waals surface area contributed by atoms with Crippen LogP contribution in [0.5, 0.6) is 5.75 Å². The third-order valence-electron chi connectivity index (χ3n) is 5.36. The Morgan fingerprint density at radius 1 is 1.14 bits per heavy atom. The Balaban J connectivity index is 2.02. The van der Waals surface area contributed by atoms with Crippen molar-refractivity contribution >= 4 is 28.1 Å². The van der Waals surface area contributed by atoms with Crippen molar-refractivity contribution in [2.45, 2.75) is 48.0 Å². The smallest absolute Gasteiger partial charge is 0.248 e. The van der Waals surface area contributed by atoms with E-state index in [2.05, 4.69) is 25.2 Å². The Bertz CT molecular complexity index is 1090. The summed E-state index contributed by atoms with van der Waals surface area (Å²) in [6, 6.07) is 9.94. The van der Waals surface area contributed by atoms with Gasteiger partial charge in [-0.25, -0.2) is 0 Å². The van der Waals surface area contributed by atoms with Crippen LogP contribution >= 0.6 is 0 Å². The Morgan fingerprint density at radius 3 is 2.55 bits per heavy atom. The number of allylic oxidation sites excluding steroid dienone is 1. The van der Waals surface area contributed by atoms with Crippen molar-refractivity contribution in [1.29, 1.82) is 0 Å². The van der Waals surface area contributed by atoms with Gasteiger partial charge in [0.15, 0.2) is 0 Å². The number of anilines is 1. The van der Waals surface area contributed by atoms with Crippen LogP contribution in [-0.2, 0) is 11.2 Å². The number of ether oxygens (including phenoxy) is 1.